The molecule has 6 heteroatoms. The van der Waals surface area contributed by atoms with Gasteiger partial charge in [0.1, 0.15) is 23.5 Å². The van der Waals surface area contributed by atoms with Crippen LogP contribution in [0, 0.1) is 28.8 Å². The van der Waals surface area contributed by atoms with Crippen LogP contribution in [0.15, 0.2) is 41.3 Å². The van der Waals surface area contributed by atoms with E-state index in [1.165, 1.54) is 18.2 Å². The van der Waals surface area contributed by atoms with Crippen LogP contribution in [-0.2, 0) is 16.6 Å². The van der Waals surface area contributed by atoms with Gasteiger partial charge in [0.05, 0.1) is 27.0 Å². The van der Waals surface area contributed by atoms with E-state index in [9.17, 15) is 17.4 Å². The Morgan fingerprint density at radius 2 is 1.90 bits per heavy atom. The van der Waals surface area contributed by atoms with E-state index in [-0.39, 0.29) is 21.8 Å². The van der Waals surface area contributed by atoms with Crippen molar-refractivity contribution in [2.45, 2.75) is 10.6 Å². The molecular weight excluding hydrogens is 287 g/mol. The topological polar surface area (TPSA) is 40.9 Å². The maximum absolute atomic E-state index is 13.8. The molecule has 0 bridgehead atoms. The Morgan fingerprint density at radius 1 is 1.15 bits per heavy atom. The number of nitrogens with zero attached hydrogens (tertiary/aromatic N) is 1. The van der Waals surface area contributed by atoms with Gasteiger partial charge in [0.2, 0.25) is 0 Å². The molecule has 0 aromatic heterocycles. The number of rotatable bonds is 3. The Kier molecular flexibility index (Phi) is 4.20. The van der Waals surface area contributed by atoms with E-state index in [0.29, 0.717) is 0 Å². The first-order valence-electron chi connectivity index (χ1n) is 5.54. The first-order valence-corrected chi connectivity index (χ1v) is 6.85. The zero-order valence-electron chi connectivity index (χ0n) is 10.1. The molecule has 0 aliphatic carbocycles. The van der Waals surface area contributed by atoms with Gasteiger partial charge in [-0.25, -0.2) is 13.2 Å². The van der Waals surface area contributed by atoms with Crippen LogP contribution in [0.25, 0.3) is 0 Å². The summed E-state index contributed by atoms with van der Waals surface area (Å²) in [7, 11) is -1.94. The van der Waals surface area contributed by atoms with Crippen LogP contribution >= 0.6 is 0 Å². The lowest BCUT2D eigenvalue weighted by Crippen LogP contribution is -2.03. The maximum Gasteiger partial charge on any atom is 0.145 e. The van der Waals surface area contributed by atoms with Gasteiger partial charge < -0.3 is 0 Å². The van der Waals surface area contributed by atoms with Gasteiger partial charge in [-0.05, 0) is 24.3 Å². The van der Waals surface area contributed by atoms with E-state index < -0.39 is 28.3 Å². The van der Waals surface area contributed by atoms with Gasteiger partial charge in [0, 0.05) is 5.56 Å². The minimum absolute atomic E-state index is 0.0195. The summed E-state index contributed by atoms with van der Waals surface area (Å²) in [6.07, 6.45) is 0. The lowest BCUT2D eigenvalue weighted by atomic mass is 10.1. The van der Waals surface area contributed by atoms with E-state index in [1.54, 1.807) is 6.07 Å². The van der Waals surface area contributed by atoms with Crippen LogP contribution < -0.4 is 0 Å². The number of halogens is 3. The highest BCUT2D eigenvalue weighted by Crippen LogP contribution is 2.20. The highest BCUT2D eigenvalue weighted by molar-refractivity contribution is 7.84. The summed E-state index contributed by atoms with van der Waals surface area (Å²) in [5, 5.41) is 8.70. The fourth-order valence-electron chi connectivity index (χ4n) is 1.65. The fourth-order valence-corrected chi connectivity index (χ4v) is 2.84. The normalized spacial score (nSPS) is 11.9. The highest BCUT2D eigenvalue weighted by atomic mass is 32.2. The number of hydrogen-bond donors (Lipinski definition) is 0. The van der Waals surface area contributed by atoms with E-state index >= 15 is 0 Å². The van der Waals surface area contributed by atoms with Crippen molar-refractivity contribution in [3.63, 3.8) is 0 Å². The monoisotopic (exact) mass is 295 g/mol. The van der Waals surface area contributed by atoms with Crippen molar-refractivity contribution in [2.24, 2.45) is 0 Å². The second-order valence-electron chi connectivity index (χ2n) is 3.96. The van der Waals surface area contributed by atoms with Crippen LogP contribution in [0.4, 0.5) is 13.2 Å². The third kappa shape index (κ3) is 2.89. The van der Waals surface area contributed by atoms with Crippen molar-refractivity contribution in [1.82, 2.24) is 0 Å². The van der Waals surface area contributed by atoms with Crippen LogP contribution in [-0.4, -0.2) is 4.21 Å². The van der Waals surface area contributed by atoms with Gasteiger partial charge in [-0.3, -0.25) is 4.21 Å². The molecule has 0 aliphatic rings. The van der Waals surface area contributed by atoms with Gasteiger partial charge >= 0.3 is 0 Å². The summed E-state index contributed by atoms with van der Waals surface area (Å²) in [5.74, 6) is -2.66. The quantitative estimate of drug-likeness (QED) is 0.872. The molecule has 1 atom stereocenters. The molecule has 1 unspecified atom stereocenters. The maximum atomic E-state index is 13.8. The van der Waals surface area contributed by atoms with Crippen molar-refractivity contribution in [2.75, 3.05) is 0 Å². The Bertz CT molecular complexity index is 725. The second-order valence-corrected chi connectivity index (χ2v) is 5.37. The average Bonchev–Trinajstić information content (AvgIpc) is 2.43. The van der Waals surface area contributed by atoms with E-state index in [4.69, 9.17) is 5.26 Å². The Balaban J connectivity index is 2.33. The molecule has 0 spiro atoms. The number of hydrogen-bond acceptors (Lipinski definition) is 2. The Morgan fingerprint density at radius 3 is 2.60 bits per heavy atom. The smallest absolute Gasteiger partial charge is 0.145 e. The molecule has 0 fully saturated rings. The average molecular weight is 295 g/mol. The molecule has 0 radical (unpaired) electrons. The summed E-state index contributed by atoms with van der Waals surface area (Å²) >= 11 is 0. The van der Waals surface area contributed by atoms with Gasteiger partial charge in [-0.2, -0.15) is 5.26 Å². The molecule has 20 heavy (non-hydrogen) atoms. The molecular formula is C14H8F3NOS. The number of nitriles is 1. The lowest BCUT2D eigenvalue weighted by Gasteiger charge is -2.06. The predicted molar refractivity (Wildman–Crippen MR) is 67.6 cm³/mol. The third-order valence-corrected chi connectivity index (χ3v) is 4.00. The molecule has 0 aliphatic heterocycles. The van der Waals surface area contributed by atoms with Gasteiger partial charge in [0.25, 0.3) is 0 Å². The minimum Gasteiger partial charge on any atom is -0.254 e. The fraction of sp³-hybridized carbons (Fsp3) is 0.0714. The largest absolute Gasteiger partial charge is 0.254 e. The molecule has 2 aromatic rings. The van der Waals surface area contributed by atoms with Crippen molar-refractivity contribution in [3.05, 3.63) is 65.0 Å². The summed E-state index contributed by atoms with van der Waals surface area (Å²) in [6.45, 7) is 0. The summed E-state index contributed by atoms with van der Waals surface area (Å²) in [4.78, 5) is -0.327. The molecule has 0 amide bonds. The van der Waals surface area contributed by atoms with Gasteiger partial charge in [0.15, 0.2) is 0 Å². The summed E-state index contributed by atoms with van der Waals surface area (Å²) < 4.78 is 52.3. The van der Waals surface area contributed by atoms with Gasteiger partial charge in [-0.15, -0.1) is 0 Å². The zero-order valence-corrected chi connectivity index (χ0v) is 10.9. The van der Waals surface area contributed by atoms with Crippen LogP contribution in [0.3, 0.4) is 0 Å². The molecule has 2 aromatic carbocycles. The Hall–Kier alpha value is -2.13. The lowest BCUT2D eigenvalue weighted by molar-refractivity contribution is 0.571. The first kappa shape index (κ1) is 14.3. The SMILES string of the molecule is N#Cc1cccc(CS(=O)c2cc(F)ccc2F)c1F. The van der Waals surface area contributed by atoms with E-state index in [2.05, 4.69) is 0 Å². The predicted octanol–water partition coefficient (Wildman–Crippen LogP) is 3.28. The standard InChI is InChI=1S/C14H8F3NOS/c15-11-4-5-12(16)13(6-11)20(19)8-10-3-1-2-9(7-18)14(10)17/h1-6H,8H2. The molecule has 0 saturated heterocycles. The van der Waals surface area contributed by atoms with Crippen LogP contribution in [0.1, 0.15) is 11.1 Å². The highest BCUT2D eigenvalue weighted by Gasteiger charge is 2.15. The zero-order chi connectivity index (χ0) is 14.7. The van der Waals surface area contributed by atoms with Crippen molar-refractivity contribution >= 4 is 10.8 Å². The van der Waals surface area contributed by atoms with E-state index in [0.717, 1.165) is 18.2 Å². The number of benzene rings is 2. The minimum atomic E-state index is -1.94. The second kappa shape index (κ2) is 5.88. The molecule has 0 heterocycles. The molecule has 102 valence electrons. The van der Waals surface area contributed by atoms with Gasteiger partial charge in [-0.1, -0.05) is 12.1 Å². The molecule has 2 rings (SSSR count). The van der Waals surface area contributed by atoms with Crippen molar-refractivity contribution < 1.29 is 17.4 Å². The Labute approximate surface area is 115 Å². The van der Waals surface area contributed by atoms with Crippen molar-refractivity contribution in [1.29, 1.82) is 5.26 Å². The molecule has 2 nitrogen and oxygen atoms in total. The molecule has 0 saturated carbocycles. The summed E-state index contributed by atoms with van der Waals surface area (Å²) in [6, 6.07) is 8.33. The molecule has 0 N–H and O–H groups in total. The van der Waals surface area contributed by atoms with Crippen LogP contribution in [0.5, 0.6) is 0 Å². The third-order valence-electron chi connectivity index (χ3n) is 2.62. The van der Waals surface area contributed by atoms with Crippen molar-refractivity contribution in [3.8, 4) is 6.07 Å². The first-order chi connectivity index (χ1) is 9.52. The summed E-state index contributed by atoms with van der Waals surface area (Å²) in [5.41, 5.74) is -0.162. The van der Waals surface area contributed by atoms with Crippen LogP contribution in [0.2, 0.25) is 0 Å². The van der Waals surface area contributed by atoms with E-state index in [1.807, 2.05) is 0 Å².